The summed E-state index contributed by atoms with van der Waals surface area (Å²) in [5.41, 5.74) is 20.3. The lowest BCUT2D eigenvalue weighted by Gasteiger charge is -2.20. The Balaban J connectivity index is 1.55. The summed E-state index contributed by atoms with van der Waals surface area (Å²) in [5, 5.41) is 14.5. The van der Waals surface area contributed by atoms with Crippen molar-refractivity contribution >= 4 is 34.2 Å². The molecule has 0 spiro atoms. The van der Waals surface area contributed by atoms with Crippen LogP contribution in [0.5, 0.6) is 5.75 Å². The fourth-order valence-electron chi connectivity index (χ4n) is 3.11. The van der Waals surface area contributed by atoms with E-state index in [0.29, 0.717) is 11.6 Å². The predicted octanol–water partition coefficient (Wildman–Crippen LogP) is -0.238. The van der Waals surface area contributed by atoms with Crippen LogP contribution in [0.1, 0.15) is 30.1 Å². The second-order valence-corrected chi connectivity index (χ2v) is 8.25. The Hall–Kier alpha value is -3.26. The van der Waals surface area contributed by atoms with Crippen LogP contribution in [0.25, 0.3) is 0 Å². The molecule has 3 rings (SSSR count). The summed E-state index contributed by atoms with van der Waals surface area (Å²) in [6.45, 7) is 1.47. The molecule has 1 amide bonds. The number of hydrogen-bond donors (Lipinski definition) is 6. The number of nitrogens with one attached hydrogen (secondary N) is 2. The number of thiazole rings is 1. The number of ether oxygens (including phenoxy) is 1. The quantitative estimate of drug-likeness (QED) is 0.142. The molecule has 1 saturated heterocycles. The molecule has 3 atom stereocenters. The van der Waals surface area contributed by atoms with Crippen LogP contribution in [-0.2, 0) is 14.4 Å². The molecule has 178 valence electrons. The lowest BCUT2D eigenvalue weighted by atomic mass is 10.1. The highest BCUT2D eigenvalue weighted by molar-refractivity contribution is 7.13. The van der Waals surface area contributed by atoms with Gasteiger partial charge in [-0.15, -0.1) is 11.3 Å². The van der Waals surface area contributed by atoms with Gasteiger partial charge in [0.1, 0.15) is 18.2 Å². The molecule has 9 N–H and O–H groups in total. The second-order valence-electron chi connectivity index (χ2n) is 7.36. The Kier molecular flexibility index (Phi) is 8.54. The normalized spacial score (nSPS) is 18.4. The molecule has 0 bridgehead atoms. The van der Waals surface area contributed by atoms with E-state index < -0.39 is 24.0 Å². The highest BCUT2D eigenvalue weighted by Crippen LogP contribution is 2.19. The standard InChI is InChI=1S/C20H27N7O5S/c21-17(25-12-2-1-7-24-8-12)11-3-5-13(6-4-11)31-9-15(19(29)30)32-27-16(18(22)28)14-10-33-20(23)26-14/h3-6,10,12,15-16,24,27H,1-2,7-9H2,(H2,21,25)(H2,22,28)(H2,23,26)(H,29,30)/t12-,15+,16?/m1/s1. The Morgan fingerprint density at radius 1 is 1.33 bits per heavy atom. The maximum absolute atomic E-state index is 11.7. The summed E-state index contributed by atoms with van der Waals surface area (Å²) in [6, 6.07) is 5.80. The number of benzene rings is 1. The number of primary amides is 1. The van der Waals surface area contributed by atoms with Crippen molar-refractivity contribution in [2.45, 2.75) is 31.0 Å². The topological polar surface area (TPSA) is 200 Å². The van der Waals surface area contributed by atoms with Gasteiger partial charge in [0.2, 0.25) is 12.0 Å². The third kappa shape index (κ3) is 7.12. The number of anilines is 1. The number of nitrogen functional groups attached to an aromatic ring is 1. The number of amidine groups is 1. The van der Waals surface area contributed by atoms with Gasteiger partial charge in [-0.05, 0) is 43.7 Å². The maximum atomic E-state index is 11.7. The third-order valence-corrected chi connectivity index (χ3v) is 5.56. The lowest BCUT2D eigenvalue weighted by molar-refractivity contribution is -0.162. The SMILES string of the molecule is NC(=O)C(NO[C@@H](COc1ccc(C(N)=N[C@@H]2CCCNC2)cc1)C(=O)O)c1csc(N)n1. The summed E-state index contributed by atoms with van der Waals surface area (Å²) < 4.78 is 5.53. The molecule has 1 aromatic carbocycles. The first-order valence-corrected chi connectivity index (χ1v) is 11.1. The van der Waals surface area contributed by atoms with Gasteiger partial charge in [0.15, 0.2) is 11.2 Å². The zero-order valence-electron chi connectivity index (χ0n) is 17.8. The van der Waals surface area contributed by atoms with Gasteiger partial charge in [-0.1, -0.05) is 0 Å². The van der Waals surface area contributed by atoms with Crippen LogP contribution in [0.15, 0.2) is 34.6 Å². The number of rotatable bonds is 11. The molecule has 12 nitrogen and oxygen atoms in total. The Morgan fingerprint density at radius 2 is 2.09 bits per heavy atom. The number of carboxylic acid groups (broad SMARTS) is 1. The highest BCUT2D eigenvalue weighted by Gasteiger charge is 2.26. The fourth-order valence-corrected chi connectivity index (χ4v) is 3.70. The first-order chi connectivity index (χ1) is 15.8. The Bertz CT molecular complexity index is 975. The minimum atomic E-state index is -1.42. The number of hydroxylamine groups is 1. The van der Waals surface area contributed by atoms with Crippen LogP contribution < -0.4 is 32.7 Å². The summed E-state index contributed by atoms with van der Waals surface area (Å²) >= 11 is 1.11. The van der Waals surface area contributed by atoms with Gasteiger partial charge in [0, 0.05) is 17.5 Å². The van der Waals surface area contributed by atoms with Crippen LogP contribution in [-0.4, -0.2) is 59.6 Å². The highest BCUT2D eigenvalue weighted by atomic mass is 32.1. The van der Waals surface area contributed by atoms with E-state index >= 15 is 0 Å². The van der Waals surface area contributed by atoms with E-state index in [0.717, 1.165) is 42.8 Å². The van der Waals surface area contributed by atoms with Gasteiger partial charge in [-0.25, -0.2) is 9.78 Å². The predicted molar refractivity (Wildman–Crippen MR) is 123 cm³/mol. The zero-order chi connectivity index (χ0) is 23.8. The monoisotopic (exact) mass is 477 g/mol. The number of carbonyl (C=O) groups is 2. The molecule has 0 radical (unpaired) electrons. The molecule has 13 heteroatoms. The minimum absolute atomic E-state index is 0.153. The lowest BCUT2D eigenvalue weighted by Crippen LogP contribution is -2.41. The maximum Gasteiger partial charge on any atom is 0.338 e. The van der Waals surface area contributed by atoms with Gasteiger partial charge in [-0.2, -0.15) is 5.48 Å². The Morgan fingerprint density at radius 3 is 2.67 bits per heavy atom. The molecule has 2 aromatic rings. The van der Waals surface area contributed by atoms with Crippen LogP contribution in [0.2, 0.25) is 0 Å². The van der Waals surface area contributed by atoms with E-state index in [2.05, 4.69) is 20.8 Å². The molecule has 1 unspecified atom stereocenters. The number of carboxylic acids is 1. The molecule has 1 aromatic heterocycles. The number of aliphatic carboxylic acids is 1. The summed E-state index contributed by atoms with van der Waals surface area (Å²) in [5.74, 6) is -1.24. The Labute approximate surface area is 194 Å². The van der Waals surface area contributed by atoms with Crippen LogP contribution in [0.3, 0.4) is 0 Å². The van der Waals surface area contributed by atoms with E-state index in [4.69, 9.17) is 26.8 Å². The minimum Gasteiger partial charge on any atom is -0.490 e. The van der Waals surface area contributed by atoms with Crippen molar-refractivity contribution in [3.63, 3.8) is 0 Å². The van der Waals surface area contributed by atoms with Crippen LogP contribution in [0, 0.1) is 0 Å². The average Bonchev–Trinajstić information content (AvgIpc) is 3.22. The number of nitrogens with two attached hydrogens (primary N) is 3. The molecule has 0 aliphatic carbocycles. The van der Waals surface area contributed by atoms with Crippen molar-refractivity contribution in [3.05, 3.63) is 40.9 Å². The van der Waals surface area contributed by atoms with Gasteiger partial charge in [-0.3, -0.25) is 14.6 Å². The van der Waals surface area contributed by atoms with Crippen molar-refractivity contribution in [1.82, 2.24) is 15.8 Å². The third-order valence-electron chi connectivity index (χ3n) is 4.87. The molecular formula is C20H27N7O5S. The number of aliphatic imine (C=N–C) groups is 1. The number of nitrogens with zero attached hydrogens (tertiary/aromatic N) is 2. The summed E-state index contributed by atoms with van der Waals surface area (Å²) in [7, 11) is 0. The van der Waals surface area contributed by atoms with E-state index in [1.54, 1.807) is 24.3 Å². The van der Waals surface area contributed by atoms with Gasteiger partial charge in [0.25, 0.3) is 0 Å². The molecular weight excluding hydrogens is 450 g/mol. The van der Waals surface area contributed by atoms with Crippen LogP contribution >= 0.6 is 11.3 Å². The summed E-state index contributed by atoms with van der Waals surface area (Å²) in [6.07, 6.45) is 0.632. The number of piperidine rings is 1. The van der Waals surface area contributed by atoms with Crippen molar-refractivity contribution in [2.24, 2.45) is 16.5 Å². The molecule has 33 heavy (non-hydrogen) atoms. The number of hydrogen-bond acceptors (Lipinski definition) is 10. The molecule has 0 saturated carbocycles. The summed E-state index contributed by atoms with van der Waals surface area (Å²) in [4.78, 5) is 36.9. The van der Waals surface area contributed by atoms with Crippen molar-refractivity contribution in [1.29, 1.82) is 0 Å². The number of aromatic nitrogens is 1. The zero-order valence-corrected chi connectivity index (χ0v) is 18.6. The van der Waals surface area contributed by atoms with E-state index in [1.165, 1.54) is 5.38 Å². The first-order valence-electron chi connectivity index (χ1n) is 10.2. The van der Waals surface area contributed by atoms with Crippen molar-refractivity contribution in [3.8, 4) is 5.75 Å². The van der Waals surface area contributed by atoms with E-state index in [9.17, 15) is 14.7 Å². The molecule has 1 fully saturated rings. The van der Waals surface area contributed by atoms with Gasteiger partial charge < -0.3 is 32.4 Å². The van der Waals surface area contributed by atoms with Crippen molar-refractivity contribution < 1.29 is 24.3 Å². The largest absolute Gasteiger partial charge is 0.490 e. The molecule has 1 aliphatic rings. The van der Waals surface area contributed by atoms with E-state index in [1.807, 2.05) is 0 Å². The van der Waals surface area contributed by atoms with E-state index in [-0.39, 0.29) is 23.5 Å². The first kappa shape index (κ1) is 24.4. The smallest absolute Gasteiger partial charge is 0.338 e. The van der Waals surface area contributed by atoms with Crippen molar-refractivity contribution in [2.75, 3.05) is 25.4 Å². The molecule has 1 aliphatic heterocycles. The van der Waals surface area contributed by atoms with Gasteiger partial charge >= 0.3 is 5.97 Å². The van der Waals surface area contributed by atoms with Gasteiger partial charge in [0.05, 0.1) is 11.7 Å². The molecule has 2 heterocycles. The average molecular weight is 478 g/mol. The fraction of sp³-hybridized carbons (Fsp3) is 0.400. The van der Waals surface area contributed by atoms with Crippen LogP contribution in [0.4, 0.5) is 5.13 Å². The number of carbonyl (C=O) groups excluding carboxylic acids is 1. The second kappa shape index (κ2) is 11.6. The number of amides is 1.